The monoisotopic (exact) mass is 1990 g/mol. The van der Waals surface area contributed by atoms with Gasteiger partial charge in [0.1, 0.15) is 0 Å². The minimum absolute atomic E-state index is 0.0196. The van der Waals surface area contributed by atoms with Crippen LogP contribution in [-0.2, 0) is 43.3 Å². The first-order chi connectivity index (χ1) is 64.1. The SMILES string of the molecule is CC1(C)c2cc(Br)ccc2-c2cc3c(cc21)-c1ccc(Br)cc1C3(C)C.CC1(C)c2cc(Br)ccc2-c2cc3c(cc21)-c1ccc(Br)cc1C3(C)C.CC1(C)c2cc(N(c3ccccc3)c3cccc4ccccc34)ccc2-c2cc3c(cc21)-c1ccc(N(c2ccccc2)c2cccc4ccccc24)cc1C3(C)C.CC1(C)c2ccccc2-c2cc3c(cc21)-c1ccccc1C3(C)C. The maximum atomic E-state index is 3.66. The Kier molecular flexibility index (Phi) is 19.8. The largest absolute Gasteiger partial charge is 0.310 e. The van der Waals surface area contributed by atoms with E-state index in [2.05, 4.69) is 536 Å². The minimum atomic E-state index is -0.192. The third kappa shape index (κ3) is 13.0. The molecule has 0 saturated carbocycles. The van der Waals surface area contributed by atoms with Gasteiger partial charge in [0.2, 0.25) is 0 Å². The van der Waals surface area contributed by atoms with E-state index in [0.717, 1.165) is 29.3 Å². The second-order valence-electron chi connectivity index (χ2n) is 42.4. The topological polar surface area (TPSA) is 6.48 Å². The maximum Gasteiger partial charge on any atom is 0.0540 e. The molecular weight excluding hydrogens is 1890 g/mol. The van der Waals surface area contributed by atoms with Crippen molar-refractivity contribution in [2.75, 3.05) is 9.80 Å². The van der Waals surface area contributed by atoms with Crippen LogP contribution < -0.4 is 9.80 Å². The lowest BCUT2D eigenvalue weighted by atomic mass is 9.79. The van der Waals surface area contributed by atoms with Crippen molar-refractivity contribution in [1.82, 2.24) is 0 Å². The number of hydrogen-bond donors (Lipinski definition) is 0. The number of para-hydroxylation sites is 2. The highest BCUT2D eigenvalue weighted by Gasteiger charge is 2.48. The van der Waals surface area contributed by atoms with Crippen LogP contribution in [0.4, 0.5) is 34.1 Å². The van der Waals surface area contributed by atoms with E-state index in [1.54, 1.807) is 0 Å². The first kappa shape index (κ1) is 86.1. The predicted molar refractivity (Wildman–Crippen MR) is 581 cm³/mol. The molecule has 26 rings (SSSR count). The molecule has 0 heterocycles. The van der Waals surface area contributed by atoms with Crippen LogP contribution in [-0.4, -0.2) is 0 Å². The van der Waals surface area contributed by atoms with E-state index in [9.17, 15) is 0 Å². The molecule has 656 valence electrons. The summed E-state index contributed by atoms with van der Waals surface area (Å²) in [4.78, 5) is 4.85. The van der Waals surface area contributed by atoms with E-state index in [1.807, 2.05) is 0 Å². The lowest BCUT2D eigenvalue weighted by Crippen LogP contribution is -2.18. The summed E-state index contributed by atoms with van der Waals surface area (Å²) in [6.07, 6.45) is 0. The molecule has 0 N–H and O–H groups in total. The first-order valence-electron chi connectivity index (χ1n) is 47.3. The van der Waals surface area contributed by atoms with Gasteiger partial charge in [-0.3, -0.25) is 0 Å². The average Bonchev–Trinajstić information content (AvgIpc) is 1.52. The number of hydrogen-bond acceptors (Lipinski definition) is 2. The molecule has 0 amide bonds. The van der Waals surface area contributed by atoms with E-state index < -0.39 is 0 Å². The molecule has 0 bridgehead atoms. The van der Waals surface area contributed by atoms with E-state index in [4.69, 9.17) is 0 Å². The van der Waals surface area contributed by atoms with Gasteiger partial charge in [-0.05, 0) is 347 Å². The van der Waals surface area contributed by atoms with Gasteiger partial charge < -0.3 is 9.80 Å². The Labute approximate surface area is 823 Å². The van der Waals surface area contributed by atoms with Crippen LogP contribution in [0.15, 0.2) is 370 Å². The fourth-order valence-electron chi connectivity index (χ4n) is 24.7. The number of nitrogens with zero attached hydrogens (tertiary/aromatic N) is 2. The van der Waals surface area contributed by atoms with E-state index in [1.165, 1.54) is 222 Å². The van der Waals surface area contributed by atoms with Gasteiger partial charge in [-0.1, -0.05) is 369 Å². The van der Waals surface area contributed by atoms with Crippen LogP contribution >= 0.6 is 63.7 Å². The van der Waals surface area contributed by atoms with Gasteiger partial charge in [0.05, 0.1) is 11.4 Å². The van der Waals surface area contributed by atoms with Crippen LogP contribution in [0.3, 0.4) is 0 Å². The molecule has 2 nitrogen and oxygen atoms in total. The van der Waals surface area contributed by atoms with Gasteiger partial charge in [-0.25, -0.2) is 0 Å². The molecular formula is C128H106Br4N2. The number of rotatable bonds is 6. The highest BCUT2D eigenvalue weighted by atomic mass is 79.9. The van der Waals surface area contributed by atoms with Gasteiger partial charge in [-0.2, -0.15) is 0 Å². The quantitative estimate of drug-likeness (QED) is 0.164. The molecule has 0 fully saturated rings. The molecule has 0 radical (unpaired) electrons. The lowest BCUT2D eigenvalue weighted by Gasteiger charge is -2.29. The van der Waals surface area contributed by atoms with Gasteiger partial charge in [0.25, 0.3) is 0 Å². The van der Waals surface area contributed by atoms with Gasteiger partial charge in [0, 0.05) is 94.7 Å². The van der Waals surface area contributed by atoms with Gasteiger partial charge in [0.15, 0.2) is 0 Å². The molecule has 18 aromatic rings. The Balaban J connectivity index is 0.000000111. The lowest BCUT2D eigenvalue weighted by molar-refractivity contribution is 0.651. The van der Waals surface area contributed by atoms with Crippen molar-refractivity contribution in [2.24, 2.45) is 0 Å². The van der Waals surface area contributed by atoms with Crippen LogP contribution in [0.2, 0.25) is 0 Å². The molecule has 8 aliphatic carbocycles. The normalized spacial score (nSPS) is 16.1. The fraction of sp³-hybridized carbons (Fsp3) is 0.188. The smallest absolute Gasteiger partial charge is 0.0540 e. The summed E-state index contributed by atoms with van der Waals surface area (Å²) in [5.74, 6) is 0. The van der Waals surface area contributed by atoms with Crippen molar-refractivity contribution in [3.8, 4) is 89.0 Å². The summed E-state index contributed by atoms with van der Waals surface area (Å²) in [7, 11) is 0. The Hall–Kier alpha value is -12.0. The number of benzene rings is 18. The van der Waals surface area contributed by atoms with Crippen LogP contribution in [0.5, 0.6) is 0 Å². The van der Waals surface area contributed by atoms with Crippen molar-refractivity contribution >= 4 is 119 Å². The molecule has 0 saturated heterocycles. The minimum Gasteiger partial charge on any atom is -0.310 e. The van der Waals surface area contributed by atoms with Crippen LogP contribution in [0.1, 0.15) is 200 Å². The number of anilines is 6. The van der Waals surface area contributed by atoms with Crippen molar-refractivity contribution in [1.29, 1.82) is 0 Å². The third-order valence-corrected chi connectivity index (χ3v) is 34.0. The molecule has 0 unspecified atom stereocenters. The molecule has 0 atom stereocenters. The second-order valence-corrected chi connectivity index (χ2v) is 46.1. The van der Waals surface area contributed by atoms with E-state index in [-0.39, 0.29) is 43.3 Å². The molecule has 134 heavy (non-hydrogen) atoms. The van der Waals surface area contributed by atoms with Crippen molar-refractivity contribution in [3.05, 3.63) is 459 Å². The van der Waals surface area contributed by atoms with Gasteiger partial charge >= 0.3 is 0 Å². The highest BCUT2D eigenvalue weighted by Crippen LogP contribution is 2.64. The summed E-state index contributed by atoms with van der Waals surface area (Å²) in [5, 5.41) is 4.95. The molecule has 0 spiro atoms. The third-order valence-electron chi connectivity index (χ3n) is 32.1. The zero-order chi connectivity index (χ0) is 92.7. The number of halogens is 4. The second kappa shape index (κ2) is 30.8. The van der Waals surface area contributed by atoms with E-state index >= 15 is 0 Å². The van der Waals surface area contributed by atoms with Crippen molar-refractivity contribution in [3.63, 3.8) is 0 Å². The zero-order valence-electron chi connectivity index (χ0n) is 78.9. The van der Waals surface area contributed by atoms with Crippen molar-refractivity contribution in [2.45, 2.75) is 154 Å². The molecule has 6 heteroatoms. The Morgan fingerprint density at radius 3 is 0.627 bits per heavy atom. The Morgan fingerprint density at radius 2 is 0.351 bits per heavy atom. The van der Waals surface area contributed by atoms with Gasteiger partial charge in [-0.15, -0.1) is 0 Å². The van der Waals surface area contributed by atoms with Crippen molar-refractivity contribution < 1.29 is 0 Å². The first-order valence-corrected chi connectivity index (χ1v) is 50.4. The predicted octanol–water partition coefficient (Wildman–Crippen LogP) is 37.5. The summed E-state index contributed by atoms with van der Waals surface area (Å²) >= 11 is 14.6. The Morgan fingerprint density at radius 1 is 0.149 bits per heavy atom. The zero-order valence-corrected chi connectivity index (χ0v) is 85.2. The molecule has 0 aromatic heterocycles. The summed E-state index contributed by atoms with van der Waals surface area (Å²) in [6.45, 7) is 37.8. The fourth-order valence-corrected chi connectivity index (χ4v) is 26.2. The summed E-state index contributed by atoms with van der Waals surface area (Å²) < 4.78 is 4.61. The average molecular weight is 1990 g/mol. The number of fused-ring (bicyclic) bond motifs is 26. The van der Waals surface area contributed by atoms with Crippen LogP contribution in [0.25, 0.3) is 111 Å². The van der Waals surface area contributed by atoms with E-state index in [0.29, 0.717) is 0 Å². The molecule has 18 aromatic carbocycles. The van der Waals surface area contributed by atoms with Crippen LogP contribution in [0, 0.1) is 0 Å². The molecule has 8 aliphatic rings. The standard InChI is InChI=1S/C56H44N2.2C24H20Br2.C24H22/c1-55(2)49-33-41(57(39-21-7-5-8-22-39)53-27-15-19-37-17-11-13-25-43(37)53)29-31-45(49)47-36-52-48(35-51(47)55)46-32-30-42(34-50(46)56(52,3)4)58(40-23-9-6-10-24-40)54-28-16-20-38-18-12-14-26-44(38)54;2*1-23(2)19-9-13(25)5-7-15(19)17-12-22-18(11-21(17)23)16-8-6-14(26)10-20(16)24(22,3)4;1-23(2)19-11-7-5-9-15(19)17-14-22-18(13-21(17)23)16-10-6-8-12-20(16)24(22,3)4/h5-36H,1-4H3;2*5-12H,1-4H3;5-14H,1-4H3. The highest BCUT2D eigenvalue weighted by molar-refractivity contribution is 9.11. The summed E-state index contributed by atoms with van der Waals surface area (Å²) in [5.41, 5.74) is 51.8. The Bertz CT molecular complexity index is 7390. The maximum absolute atomic E-state index is 3.66. The summed E-state index contributed by atoms with van der Waals surface area (Å²) in [6, 6.07) is 131. The molecule has 0 aliphatic heterocycles.